The normalized spacial score (nSPS) is 27.9. The van der Waals surface area contributed by atoms with E-state index in [4.69, 9.17) is 0 Å². The maximum absolute atomic E-state index is 4.59. The summed E-state index contributed by atoms with van der Waals surface area (Å²) < 4.78 is 0. The summed E-state index contributed by atoms with van der Waals surface area (Å²) in [5, 5.41) is 0. The molecule has 3 rings (SSSR count). The number of hydrogen-bond acceptors (Lipinski definition) is 4. The second kappa shape index (κ2) is 5.08. The van der Waals surface area contributed by atoms with Crippen LogP contribution < -0.4 is 4.90 Å². The lowest BCUT2D eigenvalue weighted by Gasteiger charge is -2.32. The van der Waals surface area contributed by atoms with Crippen molar-refractivity contribution < 1.29 is 0 Å². The maximum Gasteiger partial charge on any atom is 0.225 e. The first-order chi connectivity index (χ1) is 9.15. The predicted molar refractivity (Wildman–Crippen MR) is 77.4 cm³/mol. The first-order valence-corrected chi connectivity index (χ1v) is 7.47. The monoisotopic (exact) mass is 260 g/mol. The topological polar surface area (TPSA) is 32.3 Å². The second-order valence-electron chi connectivity index (χ2n) is 6.16. The highest BCUT2D eigenvalue weighted by molar-refractivity contribution is 5.31. The van der Waals surface area contributed by atoms with Gasteiger partial charge in [-0.05, 0) is 46.1 Å². The molecule has 0 spiro atoms. The van der Waals surface area contributed by atoms with Crippen molar-refractivity contribution in [3.05, 3.63) is 18.0 Å². The van der Waals surface area contributed by atoms with Gasteiger partial charge in [-0.1, -0.05) is 0 Å². The van der Waals surface area contributed by atoms with Gasteiger partial charge in [-0.25, -0.2) is 9.97 Å². The molecule has 3 heterocycles. The Morgan fingerprint density at radius 1 is 1.21 bits per heavy atom. The van der Waals surface area contributed by atoms with Gasteiger partial charge in [0, 0.05) is 43.1 Å². The van der Waals surface area contributed by atoms with Gasteiger partial charge in [-0.3, -0.25) is 4.90 Å². The molecule has 19 heavy (non-hydrogen) atoms. The number of hydrogen-bond donors (Lipinski definition) is 0. The van der Waals surface area contributed by atoms with Gasteiger partial charge in [-0.15, -0.1) is 0 Å². The Balaban J connectivity index is 1.80. The number of rotatable bonds is 2. The number of fused-ring (bicyclic) bond motifs is 2. The van der Waals surface area contributed by atoms with E-state index in [2.05, 4.69) is 33.6 Å². The Bertz CT molecular complexity index is 446. The Labute approximate surface area is 115 Å². The van der Waals surface area contributed by atoms with Gasteiger partial charge < -0.3 is 4.90 Å². The predicted octanol–water partition coefficient (Wildman–Crippen LogP) is 2.24. The third-order valence-corrected chi connectivity index (χ3v) is 4.50. The van der Waals surface area contributed by atoms with Gasteiger partial charge in [0.2, 0.25) is 5.95 Å². The van der Waals surface area contributed by atoms with Gasteiger partial charge in [0.15, 0.2) is 0 Å². The highest BCUT2D eigenvalue weighted by Gasteiger charge is 2.38. The summed E-state index contributed by atoms with van der Waals surface area (Å²) in [6, 6.07) is 4.06. The third-order valence-electron chi connectivity index (χ3n) is 4.50. The van der Waals surface area contributed by atoms with Gasteiger partial charge in [0.25, 0.3) is 0 Å². The van der Waals surface area contributed by atoms with Crippen LogP contribution in [0.25, 0.3) is 0 Å². The average Bonchev–Trinajstić information content (AvgIpc) is 2.64. The van der Waals surface area contributed by atoms with Crippen LogP contribution in [-0.4, -0.2) is 46.1 Å². The van der Waals surface area contributed by atoms with E-state index in [1.54, 1.807) is 0 Å². The molecule has 0 unspecified atom stereocenters. The van der Waals surface area contributed by atoms with Crippen LogP contribution in [0.15, 0.2) is 12.3 Å². The number of aryl methyl sites for hydroxylation is 1. The van der Waals surface area contributed by atoms with Crippen molar-refractivity contribution in [2.45, 2.75) is 58.2 Å². The van der Waals surface area contributed by atoms with Gasteiger partial charge in [-0.2, -0.15) is 0 Å². The highest BCUT2D eigenvalue weighted by atomic mass is 15.3. The van der Waals surface area contributed by atoms with Crippen LogP contribution >= 0.6 is 0 Å². The van der Waals surface area contributed by atoms with Gasteiger partial charge in [0.05, 0.1) is 0 Å². The van der Waals surface area contributed by atoms with E-state index in [0.29, 0.717) is 12.1 Å². The van der Waals surface area contributed by atoms with Crippen molar-refractivity contribution >= 4 is 5.95 Å². The van der Waals surface area contributed by atoms with E-state index in [9.17, 15) is 0 Å². The molecule has 104 valence electrons. The summed E-state index contributed by atoms with van der Waals surface area (Å²) in [6.45, 7) is 8.86. The fourth-order valence-electron chi connectivity index (χ4n) is 3.72. The lowest BCUT2D eigenvalue weighted by Crippen LogP contribution is -2.43. The Kier molecular flexibility index (Phi) is 3.44. The number of nitrogens with zero attached hydrogens (tertiary/aromatic N) is 4. The van der Waals surface area contributed by atoms with E-state index in [0.717, 1.165) is 30.8 Å². The van der Waals surface area contributed by atoms with Crippen molar-refractivity contribution in [1.82, 2.24) is 14.9 Å². The molecular formula is C15H24N4. The molecule has 0 saturated carbocycles. The molecule has 0 aliphatic carbocycles. The molecule has 0 radical (unpaired) electrons. The molecule has 2 saturated heterocycles. The summed E-state index contributed by atoms with van der Waals surface area (Å²) in [5.74, 6) is 0.913. The number of anilines is 1. The van der Waals surface area contributed by atoms with E-state index in [1.165, 1.54) is 19.3 Å². The molecule has 0 aromatic carbocycles. The smallest absolute Gasteiger partial charge is 0.225 e. The van der Waals surface area contributed by atoms with Gasteiger partial charge in [0.1, 0.15) is 0 Å². The zero-order valence-corrected chi connectivity index (χ0v) is 12.2. The summed E-state index contributed by atoms with van der Waals surface area (Å²) in [5.41, 5.74) is 1.06. The minimum atomic E-state index is 0.649. The van der Waals surface area contributed by atoms with Crippen molar-refractivity contribution in [2.24, 2.45) is 0 Å². The summed E-state index contributed by atoms with van der Waals surface area (Å²) in [4.78, 5) is 14.1. The zero-order valence-electron chi connectivity index (χ0n) is 12.2. The van der Waals surface area contributed by atoms with Crippen LogP contribution in [0, 0.1) is 6.92 Å². The van der Waals surface area contributed by atoms with Crippen LogP contribution in [0.3, 0.4) is 0 Å². The molecule has 0 N–H and O–H groups in total. The molecule has 4 heteroatoms. The summed E-state index contributed by atoms with van der Waals surface area (Å²) >= 11 is 0. The molecule has 2 fully saturated rings. The van der Waals surface area contributed by atoms with Crippen molar-refractivity contribution in [3.63, 3.8) is 0 Å². The van der Waals surface area contributed by atoms with Crippen molar-refractivity contribution in [1.29, 1.82) is 0 Å². The quantitative estimate of drug-likeness (QED) is 0.816. The first-order valence-electron chi connectivity index (χ1n) is 7.47. The molecule has 2 aliphatic rings. The summed E-state index contributed by atoms with van der Waals surface area (Å²) in [6.07, 6.45) is 5.81. The highest BCUT2D eigenvalue weighted by Crippen LogP contribution is 2.32. The first kappa shape index (κ1) is 12.9. The third kappa shape index (κ3) is 2.46. The van der Waals surface area contributed by atoms with Gasteiger partial charge >= 0.3 is 0 Å². The molecule has 0 amide bonds. The Hall–Kier alpha value is -1.16. The fraction of sp³-hybridized carbons (Fsp3) is 0.733. The molecule has 2 atom stereocenters. The lowest BCUT2D eigenvalue weighted by atomic mass is 10.1. The zero-order chi connectivity index (χ0) is 13.4. The van der Waals surface area contributed by atoms with E-state index in [-0.39, 0.29) is 0 Å². The lowest BCUT2D eigenvalue weighted by molar-refractivity contribution is 0.158. The SMILES string of the molecule is Cc1ccnc(N2CC[C@H]3CC[C@@H](C2)N3C(C)C)n1. The molecule has 4 nitrogen and oxygen atoms in total. The molecule has 1 aromatic heterocycles. The van der Waals surface area contributed by atoms with Crippen LogP contribution in [-0.2, 0) is 0 Å². The minimum absolute atomic E-state index is 0.649. The number of aromatic nitrogens is 2. The largest absolute Gasteiger partial charge is 0.339 e. The van der Waals surface area contributed by atoms with Crippen LogP contribution in [0.5, 0.6) is 0 Å². The second-order valence-corrected chi connectivity index (χ2v) is 6.16. The molecule has 2 aliphatic heterocycles. The van der Waals surface area contributed by atoms with E-state index < -0.39 is 0 Å². The molecule has 2 bridgehead atoms. The Morgan fingerprint density at radius 2 is 2.00 bits per heavy atom. The van der Waals surface area contributed by atoms with Crippen molar-refractivity contribution in [3.8, 4) is 0 Å². The van der Waals surface area contributed by atoms with Crippen molar-refractivity contribution in [2.75, 3.05) is 18.0 Å². The van der Waals surface area contributed by atoms with Crippen LogP contribution in [0.2, 0.25) is 0 Å². The van der Waals surface area contributed by atoms with E-state index >= 15 is 0 Å². The van der Waals surface area contributed by atoms with Crippen LogP contribution in [0.4, 0.5) is 5.95 Å². The summed E-state index contributed by atoms with van der Waals surface area (Å²) in [7, 11) is 0. The Morgan fingerprint density at radius 3 is 2.74 bits per heavy atom. The molecular weight excluding hydrogens is 236 g/mol. The standard InChI is InChI=1S/C15H24N4/c1-11(2)19-13-4-5-14(19)10-18(9-7-13)15-16-8-6-12(3)17-15/h6,8,11,13-14H,4-5,7,9-10H2,1-3H3/t13-,14+/m1/s1. The maximum atomic E-state index is 4.59. The fourth-order valence-corrected chi connectivity index (χ4v) is 3.72. The van der Waals surface area contributed by atoms with Crippen LogP contribution in [0.1, 0.15) is 38.8 Å². The average molecular weight is 260 g/mol. The molecule has 1 aromatic rings. The van der Waals surface area contributed by atoms with E-state index in [1.807, 2.05) is 19.2 Å². The minimum Gasteiger partial charge on any atom is -0.339 e.